The summed E-state index contributed by atoms with van der Waals surface area (Å²) in [6.45, 7) is 8.03. The van der Waals surface area contributed by atoms with Crippen molar-refractivity contribution in [3.63, 3.8) is 0 Å². The van der Waals surface area contributed by atoms with Crippen molar-refractivity contribution >= 4 is 0 Å². The van der Waals surface area contributed by atoms with Crippen molar-refractivity contribution in [3.8, 4) is 0 Å². The predicted molar refractivity (Wildman–Crippen MR) is 64.1 cm³/mol. The first-order valence-corrected chi connectivity index (χ1v) is 6.62. The van der Waals surface area contributed by atoms with Crippen LogP contribution < -0.4 is 0 Å². The number of tetrazole rings is 1. The van der Waals surface area contributed by atoms with Gasteiger partial charge >= 0.3 is 0 Å². The topological polar surface area (TPSA) is 57.7 Å². The quantitative estimate of drug-likeness (QED) is 0.861. The highest BCUT2D eigenvalue weighted by Crippen LogP contribution is 2.50. The molecular weight excluding hydrogens is 214 g/mol. The van der Waals surface area contributed by atoms with Crippen molar-refractivity contribution in [1.29, 1.82) is 0 Å². The Morgan fingerprint density at radius 3 is 2.88 bits per heavy atom. The van der Waals surface area contributed by atoms with Crippen molar-refractivity contribution in [2.24, 2.45) is 17.3 Å². The van der Waals surface area contributed by atoms with E-state index in [1.807, 2.05) is 0 Å². The standard InChI is InChI=1S/C12H21N5/c1-9(2)10-3-4-12(5-10)7-17(8-12)6-11-13-15-16-14-11/h9-10H,3-8H2,1-2H3,(H,13,14,15,16). The Hall–Kier alpha value is -0.970. The van der Waals surface area contributed by atoms with Gasteiger partial charge in [-0.3, -0.25) is 4.90 Å². The van der Waals surface area contributed by atoms with Crippen molar-refractivity contribution in [2.75, 3.05) is 13.1 Å². The minimum Gasteiger partial charge on any atom is -0.295 e. The maximum absolute atomic E-state index is 4.01. The van der Waals surface area contributed by atoms with E-state index < -0.39 is 0 Å². The second-order valence-corrected chi connectivity index (χ2v) is 6.22. The fourth-order valence-corrected chi connectivity index (χ4v) is 3.57. The minimum atomic E-state index is 0.624. The number of nitrogens with one attached hydrogen (secondary N) is 1. The van der Waals surface area contributed by atoms with Crippen LogP contribution in [0.25, 0.3) is 0 Å². The summed E-state index contributed by atoms with van der Waals surface area (Å²) in [6.07, 6.45) is 4.26. The second kappa shape index (κ2) is 4.05. The first-order chi connectivity index (χ1) is 8.17. The van der Waals surface area contributed by atoms with Gasteiger partial charge in [0, 0.05) is 13.1 Å². The van der Waals surface area contributed by atoms with Crippen LogP contribution in [0.5, 0.6) is 0 Å². The monoisotopic (exact) mass is 235 g/mol. The van der Waals surface area contributed by atoms with E-state index in [0.29, 0.717) is 5.41 Å². The van der Waals surface area contributed by atoms with Crippen molar-refractivity contribution in [3.05, 3.63) is 5.82 Å². The number of aromatic nitrogens is 4. The highest BCUT2D eigenvalue weighted by atomic mass is 15.5. The molecule has 1 N–H and O–H groups in total. The summed E-state index contributed by atoms with van der Waals surface area (Å²) >= 11 is 0. The van der Waals surface area contributed by atoms with Crippen LogP contribution >= 0.6 is 0 Å². The van der Waals surface area contributed by atoms with Crippen LogP contribution in [-0.4, -0.2) is 38.6 Å². The molecule has 0 amide bonds. The van der Waals surface area contributed by atoms with Gasteiger partial charge in [0.2, 0.25) is 0 Å². The lowest BCUT2D eigenvalue weighted by Gasteiger charge is -2.48. The molecule has 1 saturated carbocycles. The van der Waals surface area contributed by atoms with Gasteiger partial charge < -0.3 is 0 Å². The van der Waals surface area contributed by atoms with Gasteiger partial charge in [0.25, 0.3) is 0 Å². The zero-order valence-electron chi connectivity index (χ0n) is 10.7. The molecule has 1 unspecified atom stereocenters. The highest BCUT2D eigenvalue weighted by molar-refractivity contribution is 5.01. The van der Waals surface area contributed by atoms with E-state index in [0.717, 1.165) is 24.2 Å². The summed E-state index contributed by atoms with van der Waals surface area (Å²) in [7, 11) is 0. The molecule has 2 fully saturated rings. The molecule has 1 aromatic heterocycles. The summed E-state index contributed by atoms with van der Waals surface area (Å²) in [5.74, 6) is 2.61. The van der Waals surface area contributed by atoms with Crippen molar-refractivity contribution in [1.82, 2.24) is 25.5 Å². The third-order valence-corrected chi connectivity index (χ3v) is 4.56. The van der Waals surface area contributed by atoms with E-state index in [1.54, 1.807) is 0 Å². The molecule has 2 heterocycles. The van der Waals surface area contributed by atoms with Gasteiger partial charge in [-0.15, -0.1) is 10.2 Å². The molecule has 2 aliphatic rings. The lowest BCUT2D eigenvalue weighted by Crippen LogP contribution is -2.54. The van der Waals surface area contributed by atoms with Crippen LogP contribution in [0.15, 0.2) is 0 Å². The molecule has 0 radical (unpaired) electrons. The van der Waals surface area contributed by atoms with Gasteiger partial charge in [-0.05, 0) is 36.5 Å². The maximum Gasteiger partial charge on any atom is 0.188 e. The number of likely N-dealkylation sites (tertiary alicyclic amines) is 1. The Kier molecular flexibility index (Phi) is 2.65. The lowest BCUT2D eigenvalue weighted by atomic mass is 9.76. The van der Waals surface area contributed by atoms with Crippen LogP contribution in [-0.2, 0) is 6.54 Å². The summed E-state index contributed by atoms with van der Waals surface area (Å²) in [5.41, 5.74) is 0.624. The van der Waals surface area contributed by atoms with Gasteiger partial charge in [0.15, 0.2) is 5.82 Å². The Bertz CT molecular complexity index is 366. The largest absolute Gasteiger partial charge is 0.295 e. The van der Waals surface area contributed by atoms with Crippen LogP contribution in [0.2, 0.25) is 0 Å². The predicted octanol–water partition coefficient (Wildman–Crippen LogP) is 1.46. The molecule has 5 nitrogen and oxygen atoms in total. The average molecular weight is 235 g/mol. The Morgan fingerprint density at radius 2 is 2.29 bits per heavy atom. The molecule has 17 heavy (non-hydrogen) atoms. The zero-order valence-corrected chi connectivity index (χ0v) is 10.7. The third kappa shape index (κ3) is 2.08. The number of H-pyrrole nitrogens is 1. The van der Waals surface area contributed by atoms with Gasteiger partial charge in [-0.25, -0.2) is 0 Å². The number of hydrogen-bond donors (Lipinski definition) is 1. The van der Waals surface area contributed by atoms with Crippen molar-refractivity contribution < 1.29 is 0 Å². The third-order valence-electron chi connectivity index (χ3n) is 4.56. The Morgan fingerprint density at radius 1 is 1.47 bits per heavy atom. The molecule has 94 valence electrons. The maximum atomic E-state index is 4.01. The van der Waals surface area contributed by atoms with Crippen LogP contribution in [0.3, 0.4) is 0 Å². The summed E-state index contributed by atoms with van der Waals surface area (Å²) in [4.78, 5) is 2.44. The van der Waals surface area contributed by atoms with Gasteiger partial charge in [-0.2, -0.15) is 5.21 Å². The molecule has 1 aromatic rings. The second-order valence-electron chi connectivity index (χ2n) is 6.22. The van der Waals surface area contributed by atoms with E-state index in [-0.39, 0.29) is 0 Å². The molecular formula is C12H21N5. The van der Waals surface area contributed by atoms with E-state index in [4.69, 9.17) is 0 Å². The van der Waals surface area contributed by atoms with E-state index >= 15 is 0 Å². The van der Waals surface area contributed by atoms with E-state index in [9.17, 15) is 0 Å². The minimum absolute atomic E-state index is 0.624. The molecule has 5 heteroatoms. The molecule has 1 atom stereocenters. The number of aromatic amines is 1. The Labute approximate surface area is 102 Å². The van der Waals surface area contributed by atoms with E-state index in [2.05, 4.69) is 39.4 Å². The lowest BCUT2D eigenvalue weighted by molar-refractivity contribution is -0.00659. The van der Waals surface area contributed by atoms with Gasteiger partial charge in [0.1, 0.15) is 0 Å². The molecule has 1 aliphatic carbocycles. The summed E-state index contributed by atoms with van der Waals surface area (Å²) < 4.78 is 0. The Balaban J connectivity index is 1.51. The van der Waals surface area contributed by atoms with Crippen LogP contribution in [0.4, 0.5) is 0 Å². The molecule has 3 rings (SSSR count). The van der Waals surface area contributed by atoms with Crippen molar-refractivity contribution in [2.45, 2.75) is 39.7 Å². The number of rotatable bonds is 3. The highest BCUT2D eigenvalue weighted by Gasteiger charge is 2.48. The molecule has 1 spiro atoms. The van der Waals surface area contributed by atoms with Crippen LogP contribution in [0, 0.1) is 17.3 Å². The normalized spacial score (nSPS) is 27.8. The first-order valence-electron chi connectivity index (χ1n) is 6.62. The van der Waals surface area contributed by atoms with Gasteiger partial charge in [0.05, 0.1) is 6.54 Å². The first kappa shape index (κ1) is 11.1. The molecule has 1 aliphatic heterocycles. The fraction of sp³-hybridized carbons (Fsp3) is 0.917. The number of hydrogen-bond acceptors (Lipinski definition) is 4. The molecule has 1 saturated heterocycles. The van der Waals surface area contributed by atoms with Crippen LogP contribution in [0.1, 0.15) is 38.9 Å². The molecule has 0 aromatic carbocycles. The molecule has 0 bridgehead atoms. The zero-order chi connectivity index (χ0) is 11.9. The SMILES string of the molecule is CC(C)C1CCC2(C1)CN(Cc1nn[nH]n1)C2. The average Bonchev–Trinajstić information content (AvgIpc) is 2.85. The fourth-order valence-electron chi connectivity index (χ4n) is 3.57. The number of nitrogens with zero attached hydrogens (tertiary/aromatic N) is 4. The summed E-state index contributed by atoms with van der Waals surface area (Å²) in [6, 6.07) is 0. The van der Waals surface area contributed by atoms with E-state index in [1.165, 1.54) is 32.4 Å². The summed E-state index contributed by atoms with van der Waals surface area (Å²) in [5, 5.41) is 14.1. The van der Waals surface area contributed by atoms with Gasteiger partial charge in [-0.1, -0.05) is 19.1 Å². The smallest absolute Gasteiger partial charge is 0.188 e.